The average Bonchev–Trinajstić information content (AvgIpc) is 3.32. The van der Waals surface area contributed by atoms with Gasteiger partial charge in [0, 0.05) is 26.2 Å². The highest BCUT2D eigenvalue weighted by atomic mass is 31.2. The van der Waals surface area contributed by atoms with Crippen LogP contribution in [0.1, 0.15) is 46.4 Å². The molecule has 1 aromatic rings. The van der Waals surface area contributed by atoms with Crippen LogP contribution in [0.25, 0.3) is 0 Å². The van der Waals surface area contributed by atoms with E-state index in [-0.39, 0.29) is 6.10 Å². The highest BCUT2D eigenvalue weighted by molar-refractivity contribution is 7.54. The van der Waals surface area contributed by atoms with Crippen molar-refractivity contribution in [1.82, 2.24) is 9.34 Å². The van der Waals surface area contributed by atoms with Gasteiger partial charge in [0.05, 0.1) is 6.10 Å². The van der Waals surface area contributed by atoms with Crippen molar-refractivity contribution in [2.75, 3.05) is 26.2 Å². The number of hydrogen-bond donors (Lipinski definition) is 0. The molecule has 2 heterocycles. The topological polar surface area (TPSA) is 32.3 Å². The molecule has 2 aliphatic heterocycles. The second kappa shape index (κ2) is 5.45. The number of rotatable bonds is 5. The van der Waals surface area contributed by atoms with Crippen LogP contribution in [0.5, 0.6) is 0 Å². The van der Waals surface area contributed by atoms with Crippen molar-refractivity contribution in [3.8, 4) is 0 Å². The molecule has 0 saturated carbocycles. The van der Waals surface area contributed by atoms with Gasteiger partial charge in [-0.15, -0.1) is 0 Å². The standard InChI is InChI=1S/C17H27N2O2P/c1-11-12(2)14(4)17(15(5)13(11)3)16(6)21-22(20,18-7-8-18)19-9-10-19/h16H,7-10H2,1-6H3. The SMILES string of the molecule is Cc1c(C)c(C)c(C(C)OP(=O)(N2CC2)N2CC2)c(C)c1C. The van der Waals surface area contributed by atoms with Gasteiger partial charge in [0.15, 0.2) is 0 Å². The van der Waals surface area contributed by atoms with Crippen LogP contribution in [0.2, 0.25) is 0 Å². The molecule has 0 spiro atoms. The highest BCUT2D eigenvalue weighted by Crippen LogP contribution is 2.63. The Morgan fingerprint density at radius 2 is 1.18 bits per heavy atom. The van der Waals surface area contributed by atoms with Gasteiger partial charge in [0.1, 0.15) is 0 Å². The van der Waals surface area contributed by atoms with Crippen LogP contribution < -0.4 is 0 Å². The average molecular weight is 322 g/mol. The zero-order chi connectivity index (χ0) is 16.2. The normalized spacial score (nSPS) is 20.3. The van der Waals surface area contributed by atoms with E-state index in [1.54, 1.807) is 0 Å². The van der Waals surface area contributed by atoms with Crippen LogP contribution in [0.15, 0.2) is 0 Å². The quantitative estimate of drug-likeness (QED) is 0.605. The molecule has 0 amide bonds. The van der Waals surface area contributed by atoms with Gasteiger partial charge in [-0.05, 0) is 74.9 Å². The maximum absolute atomic E-state index is 13.2. The van der Waals surface area contributed by atoms with Gasteiger partial charge >= 0.3 is 7.67 Å². The first-order chi connectivity index (χ1) is 10.3. The summed E-state index contributed by atoms with van der Waals surface area (Å²) in [4.78, 5) is 0. The number of hydrogen-bond acceptors (Lipinski definition) is 2. The van der Waals surface area contributed by atoms with Gasteiger partial charge in [-0.25, -0.2) is 9.34 Å². The van der Waals surface area contributed by atoms with Crippen molar-refractivity contribution in [3.05, 3.63) is 33.4 Å². The molecule has 2 aliphatic rings. The summed E-state index contributed by atoms with van der Waals surface area (Å²) in [6, 6.07) is 0. The van der Waals surface area contributed by atoms with Crippen molar-refractivity contribution in [1.29, 1.82) is 0 Å². The summed E-state index contributed by atoms with van der Waals surface area (Å²) in [7, 11) is -2.78. The van der Waals surface area contributed by atoms with Crippen LogP contribution in [-0.2, 0) is 9.09 Å². The van der Waals surface area contributed by atoms with Crippen molar-refractivity contribution < 1.29 is 9.09 Å². The molecular weight excluding hydrogens is 295 g/mol. The number of nitrogens with zero attached hydrogens (tertiary/aromatic N) is 2. The first-order valence-corrected chi connectivity index (χ1v) is 9.66. The molecule has 1 aromatic carbocycles. The fourth-order valence-corrected chi connectivity index (χ4v) is 5.64. The van der Waals surface area contributed by atoms with E-state index in [4.69, 9.17) is 4.52 Å². The molecule has 1 atom stereocenters. The zero-order valence-electron chi connectivity index (χ0n) is 14.6. The summed E-state index contributed by atoms with van der Waals surface area (Å²) < 4.78 is 23.4. The smallest absolute Gasteiger partial charge is 0.298 e. The Kier molecular flexibility index (Phi) is 4.01. The lowest BCUT2D eigenvalue weighted by molar-refractivity contribution is 0.199. The van der Waals surface area contributed by atoms with E-state index < -0.39 is 7.67 Å². The zero-order valence-corrected chi connectivity index (χ0v) is 15.5. The van der Waals surface area contributed by atoms with Gasteiger partial charge in [-0.2, -0.15) is 0 Å². The minimum Gasteiger partial charge on any atom is -0.298 e. The maximum atomic E-state index is 13.2. The molecule has 0 bridgehead atoms. The van der Waals surface area contributed by atoms with E-state index in [2.05, 4.69) is 34.6 Å². The summed E-state index contributed by atoms with van der Waals surface area (Å²) in [5.74, 6) is 0. The third-order valence-electron chi connectivity index (χ3n) is 5.32. The summed E-state index contributed by atoms with van der Waals surface area (Å²) in [5, 5.41) is 0. The monoisotopic (exact) mass is 322 g/mol. The minimum atomic E-state index is -2.78. The highest BCUT2D eigenvalue weighted by Gasteiger charge is 2.50. The lowest BCUT2D eigenvalue weighted by Gasteiger charge is -2.28. The van der Waals surface area contributed by atoms with Gasteiger partial charge in [-0.1, -0.05) is 0 Å². The third-order valence-corrected chi connectivity index (χ3v) is 8.14. The van der Waals surface area contributed by atoms with Crippen LogP contribution >= 0.6 is 7.67 Å². The largest absolute Gasteiger partial charge is 0.346 e. The molecule has 0 radical (unpaired) electrons. The lowest BCUT2D eigenvalue weighted by Crippen LogP contribution is -2.13. The molecule has 22 heavy (non-hydrogen) atoms. The first kappa shape index (κ1) is 16.2. The van der Waals surface area contributed by atoms with Gasteiger partial charge < -0.3 is 0 Å². The third kappa shape index (κ3) is 2.56. The number of benzene rings is 1. The van der Waals surface area contributed by atoms with E-state index in [1.807, 2.05) is 16.3 Å². The molecule has 0 aromatic heterocycles. The van der Waals surface area contributed by atoms with Crippen LogP contribution in [0.3, 0.4) is 0 Å². The van der Waals surface area contributed by atoms with E-state index >= 15 is 0 Å². The fraction of sp³-hybridized carbons (Fsp3) is 0.647. The summed E-state index contributed by atoms with van der Waals surface area (Å²) in [6.07, 6.45) is -0.148. The molecular formula is C17H27N2O2P. The van der Waals surface area contributed by atoms with Crippen LogP contribution in [-0.4, -0.2) is 35.5 Å². The Morgan fingerprint density at radius 3 is 1.55 bits per heavy atom. The Balaban J connectivity index is 1.95. The Bertz CT molecular complexity index is 618. The summed E-state index contributed by atoms with van der Waals surface area (Å²) in [6.45, 7) is 16.4. The minimum absolute atomic E-state index is 0.148. The van der Waals surface area contributed by atoms with E-state index in [0.29, 0.717) is 0 Å². The van der Waals surface area contributed by atoms with Crippen molar-refractivity contribution >= 4 is 7.67 Å². The molecule has 122 valence electrons. The summed E-state index contributed by atoms with van der Waals surface area (Å²) in [5.41, 5.74) is 7.76. The fourth-order valence-electron chi connectivity index (χ4n) is 3.30. The molecule has 4 nitrogen and oxygen atoms in total. The predicted molar refractivity (Wildman–Crippen MR) is 90.4 cm³/mol. The van der Waals surface area contributed by atoms with Gasteiger partial charge in [0.2, 0.25) is 0 Å². The Morgan fingerprint density at radius 1 is 0.818 bits per heavy atom. The van der Waals surface area contributed by atoms with Crippen molar-refractivity contribution in [2.45, 2.75) is 47.6 Å². The van der Waals surface area contributed by atoms with Gasteiger partial charge in [0.25, 0.3) is 0 Å². The van der Waals surface area contributed by atoms with E-state index in [9.17, 15) is 4.57 Å². The lowest BCUT2D eigenvalue weighted by atomic mass is 9.87. The Labute approximate surface area is 134 Å². The first-order valence-electron chi connectivity index (χ1n) is 8.13. The molecule has 0 aliphatic carbocycles. The molecule has 3 rings (SSSR count). The van der Waals surface area contributed by atoms with Gasteiger partial charge in [-0.3, -0.25) is 9.09 Å². The predicted octanol–water partition coefficient (Wildman–Crippen LogP) is 4.05. The van der Waals surface area contributed by atoms with Crippen LogP contribution in [0, 0.1) is 34.6 Å². The molecule has 0 N–H and O–H groups in total. The van der Waals surface area contributed by atoms with E-state index in [0.717, 1.165) is 26.2 Å². The molecule has 2 fully saturated rings. The van der Waals surface area contributed by atoms with E-state index in [1.165, 1.54) is 33.4 Å². The molecule has 2 saturated heterocycles. The second-order valence-electron chi connectivity index (χ2n) is 6.68. The van der Waals surface area contributed by atoms with Crippen molar-refractivity contribution in [2.24, 2.45) is 0 Å². The molecule has 5 heteroatoms. The Hall–Kier alpha value is -0.670. The molecule has 1 unspecified atom stereocenters. The second-order valence-corrected chi connectivity index (χ2v) is 9.01. The summed E-state index contributed by atoms with van der Waals surface area (Å²) >= 11 is 0. The van der Waals surface area contributed by atoms with Crippen LogP contribution in [0.4, 0.5) is 0 Å². The maximum Gasteiger partial charge on any atom is 0.346 e. The van der Waals surface area contributed by atoms with Crippen molar-refractivity contribution in [3.63, 3.8) is 0 Å².